The Morgan fingerprint density at radius 1 is 1.21 bits per heavy atom. The fraction of sp³-hybridized carbons (Fsp3) is 0.500. The van der Waals surface area contributed by atoms with Crippen molar-refractivity contribution in [3.63, 3.8) is 0 Å². The Morgan fingerprint density at radius 3 is 2.58 bits per heavy atom. The van der Waals surface area contributed by atoms with Gasteiger partial charge in [0, 0.05) is 39.1 Å². The van der Waals surface area contributed by atoms with Crippen molar-refractivity contribution < 1.29 is 14.6 Å². The number of aliphatic hydroxyl groups is 1. The van der Waals surface area contributed by atoms with E-state index in [9.17, 15) is 9.90 Å². The fourth-order valence-corrected chi connectivity index (χ4v) is 2.01. The predicted molar refractivity (Wildman–Crippen MR) is 71.7 cm³/mol. The molecule has 0 atom stereocenters. The first-order valence-electron chi connectivity index (χ1n) is 6.54. The van der Waals surface area contributed by atoms with Crippen LogP contribution < -0.4 is 10.6 Å². The zero-order valence-electron chi connectivity index (χ0n) is 10.9. The first-order valence-corrected chi connectivity index (χ1v) is 6.54. The molecule has 2 rings (SSSR count). The molecular weight excluding hydrogens is 244 g/mol. The molecule has 1 saturated heterocycles. The second kappa shape index (κ2) is 6.54. The third-order valence-electron chi connectivity index (χ3n) is 3.30. The van der Waals surface area contributed by atoms with E-state index in [2.05, 4.69) is 10.6 Å². The van der Waals surface area contributed by atoms with Crippen LogP contribution in [0.25, 0.3) is 0 Å². The van der Waals surface area contributed by atoms with Crippen LogP contribution in [0.4, 0.5) is 4.79 Å². The van der Waals surface area contributed by atoms with Crippen molar-refractivity contribution in [1.82, 2.24) is 10.6 Å². The maximum Gasteiger partial charge on any atom is 0.315 e. The predicted octanol–water partition coefficient (Wildman–Crippen LogP) is 1.03. The summed E-state index contributed by atoms with van der Waals surface area (Å²) < 4.78 is 5.19. The maximum atomic E-state index is 11.6. The minimum absolute atomic E-state index is 0.260. The quantitative estimate of drug-likeness (QED) is 0.760. The van der Waals surface area contributed by atoms with Gasteiger partial charge < -0.3 is 20.5 Å². The minimum atomic E-state index is -0.831. The van der Waals surface area contributed by atoms with Gasteiger partial charge in [-0.25, -0.2) is 4.79 Å². The molecule has 5 heteroatoms. The number of carbonyl (C=O) groups excluding carboxylic acids is 1. The average Bonchev–Trinajstić information content (AvgIpc) is 2.45. The van der Waals surface area contributed by atoms with Gasteiger partial charge in [0.1, 0.15) is 0 Å². The van der Waals surface area contributed by atoms with E-state index >= 15 is 0 Å². The molecule has 1 aliphatic rings. The van der Waals surface area contributed by atoms with E-state index in [4.69, 9.17) is 4.74 Å². The van der Waals surface area contributed by atoms with Crippen LogP contribution in [0.3, 0.4) is 0 Å². The van der Waals surface area contributed by atoms with Gasteiger partial charge in [-0.15, -0.1) is 0 Å². The second-order valence-corrected chi connectivity index (χ2v) is 4.86. The maximum absolute atomic E-state index is 11.6. The third-order valence-corrected chi connectivity index (χ3v) is 3.30. The molecule has 0 aromatic heterocycles. The van der Waals surface area contributed by atoms with E-state index in [0.29, 0.717) is 32.6 Å². The number of hydrogen-bond donors (Lipinski definition) is 3. The summed E-state index contributed by atoms with van der Waals surface area (Å²) in [7, 11) is 0. The van der Waals surface area contributed by atoms with Crippen molar-refractivity contribution in [1.29, 1.82) is 0 Å². The van der Waals surface area contributed by atoms with Crippen LogP contribution >= 0.6 is 0 Å². The van der Waals surface area contributed by atoms with Crippen LogP contribution in [0.1, 0.15) is 18.4 Å². The number of urea groups is 1. The number of benzene rings is 1. The largest absolute Gasteiger partial charge is 0.388 e. The Labute approximate surface area is 113 Å². The number of carbonyl (C=O) groups is 1. The van der Waals surface area contributed by atoms with Crippen molar-refractivity contribution in [2.45, 2.75) is 25.0 Å². The van der Waals surface area contributed by atoms with E-state index in [1.54, 1.807) is 0 Å². The zero-order chi connectivity index (χ0) is 13.6. The SMILES string of the molecule is O=C(NCc1ccccc1)NCC1(O)CCOCC1. The average molecular weight is 264 g/mol. The molecule has 5 nitrogen and oxygen atoms in total. The summed E-state index contributed by atoms with van der Waals surface area (Å²) in [5.74, 6) is 0. The highest BCUT2D eigenvalue weighted by Crippen LogP contribution is 2.19. The molecule has 1 heterocycles. The molecular formula is C14H20N2O3. The Bertz CT molecular complexity index is 402. The monoisotopic (exact) mass is 264 g/mol. The molecule has 0 unspecified atom stereocenters. The van der Waals surface area contributed by atoms with Crippen LogP contribution in [-0.2, 0) is 11.3 Å². The van der Waals surface area contributed by atoms with Crippen LogP contribution in [0.15, 0.2) is 30.3 Å². The molecule has 1 aromatic rings. The van der Waals surface area contributed by atoms with Gasteiger partial charge in [-0.3, -0.25) is 0 Å². The van der Waals surface area contributed by atoms with Crippen LogP contribution in [0.5, 0.6) is 0 Å². The van der Waals surface area contributed by atoms with Gasteiger partial charge in [0.2, 0.25) is 0 Å². The number of ether oxygens (including phenoxy) is 1. The molecule has 1 aromatic carbocycles. The molecule has 0 radical (unpaired) electrons. The first-order chi connectivity index (χ1) is 9.18. The van der Waals surface area contributed by atoms with Crippen molar-refractivity contribution in [2.24, 2.45) is 0 Å². The van der Waals surface area contributed by atoms with Gasteiger partial charge in [-0.05, 0) is 5.56 Å². The standard InChI is InChI=1S/C14H20N2O3/c17-13(15-10-12-4-2-1-3-5-12)16-11-14(18)6-8-19-9-7-14/h1-5,18H,6-11H2,(H2,15,16,17). The third kappa shape index (κ3) is 4.54. The minimum Gasteiger partial charge on any atom is -0.388 e. The van der Waals surface area contributed by atoms with E-state index in [1.165, 1.54) is 0 Å². The lowest BCUT2D eigenvalue weighted by Crippen LogP contribution is -2.48. The van der Waals surface area contributed by atoms with Gasteiger partial charge in [0.05, 0.1) is 5.60 Å². The lowest BCUT2D eigenvalue weighted by atomic mass is 9.94. The summed E-state index contributed by atoms with van der Waals surface area (Å²) in [5.41, 5.74) is 0.213. The van der Waals surface area contributed by atoms with Gasteiger partial charge in [-0.2, -0.15) is 0 Å². The van der Waals surface area contributed by atoms with Crippen LogP contribution in [-0.4, -0.2) is 36.5 Å². The summed E-state index contributed by atoms with van der Waals surface area (Å²) in [6, 6.07) is 9.44. The van der Waals surface area contributed by atoms with Crippen molar-refractivity contribution in [3.05, 3.63) is 35.9 Å². The smallest absolute Gasteiger partial charge is 0.315 e. The molecule has 2 amide bonds. The second-order valence-electron chi connectivity index (χ2n) is 4.86. The summed E-state index contributed by atoms with van der Waals surface area (Å²) in [6.45, 7) is 1.83. The first kappa shape index (κ1) is 13.8. The lowest BCUT2D eigenvalue weighted by molar-refractivity contribution is -0.0600. The fourth-order valence-electron chi connectivity index (χ4n) is 2.01. The summed E-state index contributed by atoms with van der Waals surface area (Å²) in [6.07, 6.45) is 1.12. The van der Waals surface area contributed by atoms with Crippen molar-refractivity contribution in [2.75, 3.05) is 19.8 Å². The Morgan fingerprint density at radius 2 is 1.89 bits per heavy atom. The molecule has 1 aliphatic heterocycles. The van der Waals surface area contributed by atoms with Crippen molar-refractivity contribution >= 4 is 6.03 Å². The van der Waals surface area contributed by atoms with E-state index < -0.39 is 5.60 Å². The van der Waals surface area contributed by atoms with Crippen molar-refractivity contribution in [3.8, 4) is 0 Å². The number of nitrogens with one attached hydrogen (secondary N) is 2. The Kier molecular flexibility index (Phi) is 4.76. The molecule has 0 bridgehead atoms. The molecule has 0 saturated carbocycles. The molecule has 19 heavy (non-hydrogen) atoms. The zero-order valence-corrected chi connectivity index (χ0v) is 10.9. The molecule has 0 spiro atoms. The summed E-state index contributed by atoms with van der Waals surface area (Å²) in [5, 5.41) is 15.7. The number of hydrogen-bond acceptors (Lipinski definition) is 3. The van der Waals surface area contributed by atoms with Gasteiger partial charge >= 0.3 is 6.03 Å². The van der Waals surface area contributed by atoms with Gasteiger partial charge in [-0.1, -0.05) is 30.3 Å². The highest BCUT2D eigenvalue weighted by Gasteiger charge is 2.29. The molecule has 1 fully saturated rings. The Balaban J connectivity index is 1.70. The number of rotatable bonds is 4. The highest BCUT2D eigenvalue weighted by atomic mass is 16.5. The lowest BCUT2D eigenvalue weighted by Gasteiger charge is -2.32. The Hall–Kier alpha value is -1.59. The molecule has 0 aliphatic carbocycles. The van der Waals surface area contributed by atoms with E-state index in [1.807, 2.05) is 30.3 Å². The van der Waals surface area contributed by atoms with E-state index in [0.717, 1.165) is 5.56 Å². The summed E-state index contributed by atoms with van der Waals surface area (Å²) in [4.78, 5) is 11.6. The van der Waals surface area contributed by atoms with Gasteiger partial charge in [0.25, 0.3) is 0 Å². The molecule has 104 valence electrons. The van der Waals surface area contributed by atoms with E-state index in [-0.39, 0.29) is 12.6 Å². The normalized spacial score (nSPS) is 17.7. The van der Waals surface area contributed by atoms with Crippen LogP contribution in [0.2, 0.25) is 0 Å². The molecule has 3 N–H and O–H groups in total. The topological polar surface area (TPSA) is 70.6 Å². The van der Waals surface area contributed by atoms with Gasteiger partial charge in [0.15, 0.2) is 0 Å². The summed E-state index contributed by atoms with van der Waals surface area (Å²) >= 11 is 0. The highest BCUT2D eigenvalue weighted by molar-refractivity contribution is 5.73. The number of amides is 2. The van der Waals surface area contributed by atoms with Crippen LogP contribution in [0, 0.1) is 0 Å².